The molecule has 1 heterocycles. The van der Waals surface area contributed by atoms with E-state index in [-0.39, 0.29) is 16.9 Å². The highest BCUT2D eigenvalue weighted by Gasteiger charge is 2.21. The van der Waals surface area contributed by atoms with Crippen molar-refractivity contribution in [3.63, 3.8) is 0 Å². The number of carboxylic acids is 1. The molecule has 0 unspecified atom stereocenters. The fourth-order valence-electron chi connectivity index (χ4n) is 2.24. The summed E-state index contributed by atoms with van der Waals surface area (Å²) in [4.78, 5) is 15.7. The average Bonchev–Trinajstić information content (AvgIpc) is 2.93. The molecule has 0 saturated carbocycles. The Hall–Kier alpha value is -3.11. The Morgan fingerprint density at radius 1 is 1.46 bits per heavy atom. The van der Waals surface area contributed by atoms with Gasteiger partial charge in [0.05, 0.1) is 30.7 Å². The first-order valence-corrected chi connectivity index (χ1v) is 7.31. The third-order valence-corrected chi connectivity index (χ3v) is 3.32. The molecule has 7 heteroatoms. The smallest absolute Gasteiger partial charge is 0.354 e. The Balaban J connectivity index is 2.30. The lowest BCUT2D eigenvalue weighted by molar-refractivity contribution is 0.0687. The summed E-state index contributed by atoms with van der Waals surface area (Å²) >= 11 is 0. The monoisotopic (exact) mass is 326 g/mol. The molecule has 0 radical (unpaired) electrons. The van der Waals surface area contributed by atoms with Crippen molar-refractivity contribution in [3.05, 3.63) is 53.3 Å². The molecule has 0 saturated heterocycles. The van der Waals surface area contributed by atoms with E-state index in [1.165, 1.54) is 12.5 Å². The van der Waals surface area contributed by atoms with Crippen molar-refractivity contribution in [1.82, 2.24) is 4.57 Å². The van der Waals surface area contributed by atoms with Crippen LogP contribution in [0.15, 0.2) is 41.5 Å². The number of nitrogens with zero attached hydrogens (tertiary/aromatic N) is 3. The second kappa shape index (κ2) is 8.50. The molecule has 0 aliphatic heterocycles. The van der Waals surface area contributed by atoms with E-state index in [1.807, 2.05) is 36.4 Å². The number of aromatic carboxylic acids is 1. The summed E-state index contributed by atoms with van der Waals surface area (Å²) in [7, 11) is 1.57. The van der Waals surface area contributed by atoms with Crippen LogP contribution < -0.4 is 5.32 Å². The van der Waals surface area contributed by atoms with Crippen molar-refractivity contribution in [1.29, 1.82) is 5.26 Å². The number of benzene rings is 1. The highest BCUT2D eigenvalue weighted by molar-refractivity contribution is 5.97. The zero-order chi connectivity index (χ0) is 17.4. The summed E-state index contributed by atoms with van der Waals surface area (Å²) in [5.41, 5.74) is 1.46. The summed E-state index contributed by atoms with van der Waals surface area (Å²) in [6.07, 6.45) is 2.91. The van der Waals surface area contributed by atoms with Gasteiger partial charge in [-0.3, -0.25) is 4.99 Å². The van der Waals surface area contributed by atoms with Gasteiger partial charge < -0.3 is 19.7 Å². The molecule has 2 rings (SSSR count). The largest absolute Gasteiger partial charge is 0.477 e. The molecular weight excluding hydrogens is 308 g/mol. The molecule has 0 fully saturated rings. The van der Waals surface area contributed by atoms with Gasteiger partial charge in [0.25, 0.3) is 0 Å². The van der Waals surface area contributed by atoms with Crippen LogP contribution in [0.2, 0.25) is 0 Å². The van der Waals surface area contributed by atoms with Gasteiger partial charge in [0.2, 0.25) is 0 Å². The van der Waals surface area contributed by atoms with Gasteiger partial charge in [-0.2, -0.15) is 5.26 Å². The maximum Gasteiger partial charge on any atom is 0.354 e. The quantitative estimate of drug-likeness (QED) is 0.440. The first kappa shape index (κ1) is 17.2. The highest BCUT2D eigenvalue weighted by atomic mass is 16.5. The molecule has 0 bridgehead atoms. The van der Waals surface area contributed by atoms with Crippen molar-refractivity contribution in [2.45, 2.75) is 6.54 Å². The number of aromatic nitrogens is 1. The van der Waals surface area contributed by atoms with Gasteiger partial charge in [-0.15, -0.1) is 0 Å². The second-order valence-electron chi connectivity index (χ2n) is 4.97. The van der Waals surface area contributed by atoms with Gasteiger partial charge >= 0.3 is 5.97 Å². The second-order valence-corrected chi connectivity index (χ2v) is 4.97. The minimum absolute atomic E-state index is 0.0218. The zero-order valence-corrected chi connectivity index (χ0v) is 13.3. The minimum atomic E-state index is -1.11. The number of ether oxygens (including phenoxy) is 1. The zero-order valence-electron chi connectivity index (χ0n) is 13.3. The topological polar surface area (TPSA) is 99.6 Å². The van der Waals surface area contributed by atoms with Crippen LogP contribution in [0.25, 0.3) is 0 Å². The van der Waals surface area contributed by atoms with E-state index in [1.54, 1.807) is 11.7 Å². The van der Waals surface area contributed by atoms with Crippen molar-refractivity contribution >= 4 is 18.0 Å². The first-order chi connectivity index (χ1) is 11.7. The van der Waals surface area contributed by atoms with Crippen LogP contribution in [0, 0.1) is 11.3 Å². The number of methoxy groups -OCH3 is 1. The van der Waals surface area contributed by atoms with Gasteiger partial charge in [0.1, 0.15) is 6.07 Å². The van der Waals surface area contributed by atoms with Crippen molar-refractivity contribution in [2.24, 2.45) is 4.99 Å². The maximum atomic E-state index is 11.7. The van der Waals surface area contributed by atoms with E-state index < -0.39 is 5.97 Å². The van der Waals surface area contributed by atoms with Crippen LogP contribution in [-0.4, -0.2) is 42.2 Å². The lowest BCUT2D eigenvalue weighted by Gasteiger charge is -2.08. The summed E-state index contributed by atoms with van der Waals surface area (Å²) in [6.45, 7) is 1.27. The van der Waals surface area contributed by atoms with Crippen molar-refractivity contribution < 1.29 is 14.6 Å². The fraction of sp³-hybridized carbons (Fsp3) is 0.235. The van der Waals surface area contributed by atoms with Crippen molar-refractivity contribution in [2.75, 3.05) is 25.6 Å². The number of nitriles is 1. The summed E-state index contributed by atoms with van der Waals surface area (Å²) in [5, 5.41) is 21.6. The van der Waals surface area contributed by atoms with E-state index in [4.69, 9.17) is 4.74 Å². The van der Waals surface area contributed by atoms with E-state index in [0.717, 1.165) is 5.56 Å². The molecular formula is C17H18N4O3. The van der Waals surface area contributed by atoms with Gasteiger partial charge in [0, 0.05) is 19.9 Å². The number of aliphatic imine (C=N–C) groups is 1. The number of nitrogens with one attached hydrogen (secondary N) is 1. The average molecular weight is 326 g/mol. The van der Waals surface area contributed by atoms with Crippen LogP contribution >= 0.6 is 0 Å². The number of anilines is 1. The summed E-state index contributed by atoms with van der Waals surface area (Å²) in [6, 6.07) is 11.5. The fourth-order valence-corrected chi connectivity index (χ4v) is 2.24. The lowest BCUT2D eigenvalue weighted by Crippen LogP contribution is -2.11. The van der Waals surface area contributed by atoms with Crippen LogP contribution in [0.5, 0.6) is 0 Å². The molecule has 24 heavy (non-hydrogen) atoms. The van der Waals surface area contributed by atoms with E-state index in [9.17, 15) is 15.2 Å². The summed E-state index contributed by atoms with van der Waals surface area (Å²) < 4.78 is 6.42. The van der Waals surface area contributed by atoms with E-state index >= 15 is 0 Å². The molecule has 1 aromatic heterocycles. The molecule has 0 atom stereocenters. The SMILES string of the molecule is COCCN=CNc1c(C#N)cn(Cc2ccccc2)c1C(=O)O. The Morgan fingerprint density at radius 2 is 2.21 bits per heavy atom. The highest BCUT2D eigenvalue weighted by Crippen LogP contribution is 2.24. The third-order valence-electron chi connectivity index (χ3n) is 3.32. The standard InChI is InChI=1S/C17H18N4O3/c1-24-8-7-19-12-20-15-14(9-18)11-21(16(15)17(22)23)10-13-5-3-2-4-6-13/h2-6,11-12H,7-8,10H2,1H3,(H,19,20)(H,22,23). The number of carbonyl (C=O) groups is 1. The molecule has 0 amide bonds. The van der Waals surface area contributed by atoms with Crippen LogP contribution in [-0.2, 0) is 11.3 Å². The van der Waals surface area contributed by atoms with Crippen molar-refractivity contribution in [3.8, 4) is 6.07 Å². The Morgan fingerprint density at radius 3 is 2.83 bits per heavy atom. The molecule has 7 nitrogen and oxygen atoms in total. The third kappa shape index (κ3) is 4.21. The van der Waals surface area contributed by atoms with E-state index in [0.29, 0.717) is 19.7 Å². The van der Waals surface area contributed by atoms with E-state index in [2.05, 4.69) is 10.3 Å². The molecule has 2 aromatic rings. The summed E-state index contributed by atoms with van der Waals surface area (Å²) in [5.74, 6) is -1.11. The van der Waals surface area contributed by atoms with Gasteiger partial charge in [0.15, 0.2) is 5.69 Å². The first-order valence-electron chi connectivity index (χ1n) is 7.31. The number of hydrogen-bond donors (Lipinski definition) is 2. The Labute approximate surface area is 139 Å². The van der Waals surface area contributed by atoms with Gasteiger partial charge in [-0.25, -0.2) is 4.79 Å². The molecule has 1 aromatic carbocycles. The maximum absolute atomic E-state index is 11.7. The predicted molar refractivity (Wildman–Crippen MR) is 90.5 cm³/mol. The molecule has 0 aliphatic rings. The van der Waals surface area contributed by atoms with Crippen LogP contribution in [0.4, 0.5) is 5.69 Å². The molecule has 2 N–H and O–H groups in total. The number of rotatable bonds is 8. The van der Waals surface area contributed by atoms with Gasteiger partial charge in [-0.1, -0.05) is 30.3 Å². The normalized spacial score (nSPS) is 10.7. The Kier molecular flexibility index (Phi) is 6.11. The number of hydrogen-bond acceptors (Lipinski definition) is 4. The van der Waals surface area contributed by atoms with Gasteiger partial charge in [-0.05, 0) is 5.56 Å². The minimum Gasteiger partial charge on any atom is -0.477 e. The molecule has 0 spiro atoms. The number of carboxylic acid groups (broad SMARTS) is 1. The predicted octanol–water partition coefficient (Wildman–Crippen LogP) is 2.19. The lowest BCUT2D eigenvalue weighted by atomic mass is 10.2. The molecule has 0 aliphatic carbocycles. The van der Waals surface area contributed by atoms with Crippen LogP contribution in [0.3, 0.4) is 0 Å². The Bertz CT molecular complexity index is 760. The molecule has 124 valence electrons. The van der Waals surface area contributed by atoms with Crippen LogP contribution in [0.1, 0.15) is 21.6 Å².